The Balaban J connectivity index is 2.28. The van der Waals surface area contributed by atoms with Crippen LogP contribution in [-0.2, 0) is 9.59 Å². The average molecular weight is 203 g/mol. The van der Waals surface area contributed by atoms with E-state index in [2.05, 4.69) is 5.32 Å². The van der Waals surface area contributed by atoms with E-state index < -0.39 is 0 Å². The summed E-state index contributed by atoms with van der Waals surface area (Å²) >= 11 is 0. The number of carbonyl (C=O) groups is 2. The molecular formula is C12H13NO2. The summed E-state index contributed by atoms with van der Waals surface area (Å²) in [6, 6.07) is 9.48. The maximum Gasteiger partial charge on any atom is 0.221 e. The van der Waals surface area contributed by atoms with E-state index in [0.717, 1.165) is 5.56 Å². The maximum atomic E-state index is 11.4. The topological polar surface area (TPSA) is 46.2 Å². The summed E-state index contributed by atoms with van der Waals surface area (Å²) in [5.74, 6) is -0.175. The molecule has 0 saturated carbocycles. The first-order valence-electron chi connectivity index (χ1n) is 5.03. The smallest absolute Gasteiger partial charge is 0.221 e. The minimum absolute atomic E-state index is 0.0379. The molecule has 2 unspecified atom stereocenters. The van der Waals surface area contributed by atoms with Crippen molar-refractivity contribution in [2.24, 2.45) is 5.92 Å². The third-order valence-corrected chi connectivity index (χ3v) is 2.81. The minimum Gasteiger partial charge on any atom is -0.349 e. The van der Waals surface area contributed by atoms with E-state index in [4.69, 9.17) is 0 Å². The molecule has 0 aliphatic carbocycles. The van der Waals surface area contributed by atoms with Crippen molar-refractivity contribution in [3.05, 3.63) is 35.9 Å². The molecule has 1 fully saturated rings. The highest BCUT2D eigenvalue weighted by atomic mass is 16.2. The highest BCUT2D eigenvalue weighted by Crippen LogP contribution is 2.30. The molecule has 1 aromatic carbocycles. The van der Waals surface area contributed by atoms with E-state index in [0.29, 0.717) is 6.42 Å². The molecule has 0 bridgehead atoms. The number of hydrogen-bond acceptors (Lipinski definition) is 2. The highest BCUT2D eigenvalue weighted by Gasteiger charge is 2.36. The van der Waals surface area contributed by atoms with Crippen LogP contribution in [0.15, 0.2) is 30.3 Å². The molecule has 1 N–H and O–H groups in total. The minimum atomic E-state index is -0.208. The Morgan fingerprint density at radius 1 is 1.33 bits per heavy atom. The van der Waals surface area contributed by atoms with E-state index in [1.807, 2.05) is 30.3 Å². The predicted molar refractivity (Wildman–Crippen MR) is 56.1 cm³/mol. The molecule has 1 aliphatic rings. The monoisotopic (exact) mass is 203 g/mol. The molecular weight excluding hydrogens is 190 g/mol. The van der Waals surface area contributed by atoms with E-state index >= 15 is 0 Å². The summed E-state index contributed by atoms with van der Waals surface area (Å²) in [6.45, 7) is 1.54. The number of rotatable bonds is 2. The van der Waals surface area contributed by atoms with Gasteiger partial charge in [-0.15, -0.1) is 0 Å². The van der Waals surface area contributed by atoms with Crippen LogP contribution >= 0.6 is 0 Å². The van der Waals surface area contributed by atoms with Gasteiger partial charge in [0.05, 0.1) is 12.0 Å². The second kappa shape index (κ2) is 3.85. The van der Waals surface area contributed by atoms with Gasteiger partial charge in [-0.3, -0.25) is 9.59 Å². The molecule has 1 aliphatic heterocycles. The number of carbonyl (C=O) groups excluding carboxylic acids is 2. The van der Waals surface area contributed by atoms with Crippen LogP contribution in [0.25, 0.3) is 0 Å². The molecule has 1 heterocycles. The summed E-state index contributed by atoms with van der Waals surface area (Å²) in [5.41, 5.74) is 1.00. The van der Waals surface area contributed by atoms with Crippen LogP contribution in [0.3, 0.4) is 0 Å². The molecule has 1 amide bonds. The Bertz CT molecular complexity index is 386. The van der Waals surface area contributed by atoms with Crippen molar-refractivity contribution in [3.8, 4) is 0 Å². The summed E-state index contributed by atoms with van der Waals surface area (Å²) in [6.07, 6.45) is 0.314. The molecule has 0 spiro atoms. The molecule has 2 atom stereocenters. The molecule has 78 valence electrons. The Labute approximate surface area is 88.5 Å². The Kier molecular flexibility index (Phi) is 2.54. The summed E-state index contributed by atoms with van der Waals surface area (Å²) < 4.78 is 0. The van der Waals surface area contributed by atoms with Gasteiger partial charge in [0.15, 0.2) is 0 Å². The van der Waals surface area contributed by atoms with Crippen LogP contribution in [0.2, 0.25) is 0 Å². The molecule has 15 heavy (non-hydrogen) atoms. The van der Waals surface area contributed by atoms with Gasteiger partial charge < -0.3 is 5.32 Å². The summed E-state index contributed by atoms with van der Waals surface area (Å²) in [5, 5.41) is 2.84. The van der Waals surface area contributed by atoms with E-state index in [-0.39, 0.29) is 23.7 Å². The second-order valence-corrected chi connectivity index (χ2v) is 3.88. The lowest BCUT2D eigenvalue weighted by molar-refractivity contribution is -0.123. The number of hydrogen-bond donors (Lipinski definition) is 1. The van der Waals surface area contributed by atoms with E-state index in [1.54, 1.807) is 6.92 Å². The zero-order valence-corrected chi connectivity index (χ0v) is 8.57. The van der Waals surface area contributed by atoms with Crippen molar-refractivity contribution >= 4 is 11.7 Å². The lowest BCUT2D eigenvalue weighted by atomic mass is 9.91. The standard InChI is InChI=1S/C12H13NO2/c1-8(14)10-7-11(15)13-12(10)9-5-3-2-4-6-9/h2-6,10,12H,7H2,1H3,(H,13,15). The number of Topliss-reactive ketones (excluding diaryl/α,β-unsaturated/α-hetero) is 1. The van der Waals surface area contributed by atoms with Gasteiger partial charge in [0, 0.05) is 6.42 Å². The zero-order valence-electron chi connectivity index (χ0n) is 8.57. The number of benzene rings is 1. The largest absolute Gasteiger partial charge is 0.349 e. The third-order valence-electron chi connectivity index (χ3n) is 2.81. The van der Waals surface area contributed by atoms with Crippen molar-refractivity contribution in [2.75, 3.05) is 0 Å². The molecule has 1 saturated heterocycles. The fourth-order valence-corrected chi connectivity index (χ4v) is 2.00. The first kappa shape index (κ1) is 9.90. The Morgan fingerprint density at radius 3 is 2.60 bits per heavy atom. The van der Waals surface area contributed by atoms with Gasteiger partial charge in [-0.25, -0.2) is 0 Å². The van der Waals surface area contributed by atoms with Crippen molar-refractivity contribution in [1.82, 2.24) is 5.32 Å². The summed E-state index contributed by atoms with van der Waals surface area (Å²) in [4.78, 5) is 22.7. The predicted octanol–water partition coefficient (Wildman–Crippen LogP) is 1.45. The van der Waals surface area contributed by atoms with Gasteiger partial charge in [-0.1, -0.05) is 30.3 Å². The van der Waals surface area contributed by atoms with Crippen LogP contribution in [0.1, 0.15) is 24.9 Å². The van der Waals surface area contributed by atoms with E-state index in [1.165, 1.54) is 0 Å². The average Bonchev–Trinajstić information content (AvgIpc) is 2.62. The molecule has 3 heteroatoms. The third kappa shape index (κ3) is 1.91. The van der Waals surface area contributed by atoms with Crippen LogP contribution < -0.4 is 5.32 Å². The molecule has 0 radical (unpaired) electrons. The fourth-order valence-electron chi connectivity index (χ4n) is 2.00. The van der Waals surface area contributed by atoms with Crippen molar-refractivity contribution in [2.45, 2.75) is 19.4 Å². The lowest BCUT2D eigenvalue weighted by Gasteiger charge is -2.16. The molecule has 2 rings (SSSR count). The fraction of sp³-hybridized carbons (Fsp3) is 0.333. The number of amides is 1. The van der Waals surface area contributed by atoms with Crippen molar-refractivity contribution in [3.63, 3.8) is 0 Å². The zero-order chi connectivity index (χ0) is 10.8. The first-order valence-corrected chi connectivity index (χ1v) is 5.03. The first-order chi connectivity index (χ1) is 7.18. The van der Waals surface area contributed by atoms with Gasteiger partial charge in [-0.05, 0) is 12.5 Å². The quantitative estimate of drug-likeness (QED) is 0.790. The number of ketones is 1. The van der Waals surface area contributed by atoms with Gasteiger partial charge in [0.25, 0.3) is 0 Å². The van der Waals surface area contributed by atoms with Crippen LogP contribution in [0.4, 0.5) is 0 Å². The van der Waals surface area contributed by atoms with Gasteiger partial charge >= 0.3 is 0 Å². The normalized spacial score (nSPS) is 25.0. The van der Waals surface area contributed by atoms with Crippen LogP contribution in [0.5, 0.6) is 0 Å². The van der Waals surface area contributed by atoms with E-state index in [9.17, 15) is 9.59 Å². The van der Waals surface area contributed by atoms with Crippen LogP contribution in [0, 0.1) is 5.92 Å². The SMILES string of the molecule is CC(=O)C1CC(=O)NC1c1ccccc1. The number of nitrogens with one attached hydrogen (secondary N) is 1. The lowest BCUT2D eigenvalue weighted by Crippen LogP contribution is -2.23. The van der Waals surface area contributed by atoms with Gasteiger partial charge in [0.2, 0.25) is 5.91 Å². The highest BCUT2D eigenvalue weighted by molar-refractivity contribution is 5.90. The molecule has 1 aromatic rings. The maximum absolute atomic E-state index is 11.4. The summed E-state index contributed by atoms with van der Waals surface area (Å²) in [7, 11) is 0. The Morgan fingerprint density at radius 2 is 2.00 bits per heavy atom. The Hall–Kier alpha value is -1.64. The van der Waals surface area contributed by atoms with Crippen molar-refractivity contribution in [1.29, 1.82) is 0 Å². The molecule has 3 nitrogen and oxygen atoms in total. The molecule has 0 aromatic heterocycles. The second-order valence-electron chi connectivity index (χ2n) is 3.88. The van der Waals surface area contributed by atoms with Gasteiger partial charge in [-0.2, -0.15) is 0 Å². The van der Waals surface area contributed by atoms with Crippen molar-refractivity contribution < 1.29 is 9.59 Å². The van der Waals surface area contributed by atoms with Gasteiger partial charge in [0.1, 0.15) is 5.78 Å². The van der Waals surface area contributed by atoms with Crippen LogP contribution in [-0.4, -0.2) is 11.7 Å².